The predicted octanol–water partition coefficient (Wildman–Crippen LogP) is 3.95. The number of aryl methyl sites for hydroxylation is 2. The third-order valence-corrected chi connectivity index (χ3v) is 3.62. The average molecular weight is 328 g/mol. The second kappa shape index (κ2) is 7.12. The first-order valence-corrected chi connectivity index (χ1v) is 7.69. The fourth-order valence-electron chi connectivity index (χ4n) is 2.55. The highest BCUT2D eigenvalue weighted by molar-refractivity contribution is 5.83. The van der Waals surface area contributed by atoms with Gasteiger partial charge in [-0.15, -0.1) is 0 Å². The molecule has 0 aliphatic heterocycles. The largest absolute Gasteiger partial charge is 0.515 e. The molecule has 24 heavy (non-hydrogen) atoms. The number of nitrogens with zero attached hydrogens (tertiary/aromatic N) is 2. The van der Waals surface area contributed by atoms with Crippen molar-refractivity contribution in [2.45, 2.75) is 19.9 Å². The van der Waals surface area contributed by atoms with Crippen LogP contribution in [-0.2, 0) is 17.7 Å². The van der Waals surface area contributed by atoms with Gasteiger partial charge in [-0.05, 0) is 43.2 Å². The Morgan fingerprint density at radius 1 is 1.29 bits per heavy atom. The number of ether oxygens (including phenoxy) is 2. The van der Waals surface area contributed by atoms with Crippen LogP contribution in [0.3, 0.4) is 0 Å². The Morgan fingerprint density at radius 3 is 2.92 bits per heavy atom. The molecule has 3 rings (SSSR count). The van der Waals surface area contributed by atoms with E-state index in [0.29, 0.717) is 24.2 Å². The number of pyridine rings is 1. The van der Waals surface area contributed by atoms with E-state index < -0.39 is 6.16 Å². The molecule has 0 saturated carbocycles. The minimum Gasteiger partial charge on any atom is -0.434 e. The lowest BCUT2D eigenvalue weighted by atomic mass is 10.2. The molecule has 2 aromatic heterocycles. The summed E-state index contributed by atoms with van der Waals surface area (Å²) in [7, 11) is 0. The Hall–Kier alpha value is -2.89. The smallest absolute Gasteiger partial charge is 0.434 e. The fourth-order valence-corrected chi connectivity index (χ4v) is 2.55. The van der Waals surface area contributed by atoms with Gasteiger partial charge in [0, 0.05) is 30.4 Å². The molecule has 6 heteroatoms. The molecule has 124 valence electrons. The molecule has 5 nitrogen and oxygen atoms in total. The number of fused-ring (bicyclic) bond motifs is 1. The molecule has 0 amide bonds. The summed E-state index contributed by atoms with van der Waals surface area (Å²) in [5, 5.41) is 0.667. The molecule has 2 heterocycles. The second-order valence-corrected chi connectivity index (χ2v) is 5.23. The Bertz CT molecular complexity index is 846. The van der Waals surface area contributed by atoms with E-state index in [-0.39, 0.29) is 12.4 Å². The van der Waals surface area contributed by atoms with Crippen LogP contribution in [0.5, 0.6) is 5.88 Å². The quantitative estimate of drug-likeness (QED) is 0.665. The van der Waals surface area contributed by atoms with Crippen molar-refractivity contribution < 1.29 is 18.7 Å². The van der Waals surface area contributed by atoms with Gasteiger partial charge in [-0.25, -0.2) is 9.18 Å². The van der Waals surface area contributed by atoms with Crippen molar-refractivity contribution in [3.8, 4) is 5.88 Å². The third kappa shape index (κ3) is 3.53. The zero-order chi connectivity index (χ0) is 16.9. The Morgan fingerprint density at radius 2 is 2.17 bits per heavy atom. The first-order valence-electron chi connectivity index (χ1n) is 7.69. The molecule has 0 N–H and O–H groups in total. The van der Waals surface area contributed by atoms with Crippen LogP contribution in [-0.4, -0.2) is 22.3 Å². The van der Waals surface area contributed by atoms with Crippen molar-refractivity contribution in [1.29, 1.82) is 0 Å². The summed E-state index contributed by atoms with van der Waals surface area (Å²) < 4.78 is 25.4. The van der Waals surface area contributed by atoms with E-state index in [4.69, 9.17) is 9.47 Å². The summed E-state index contributed by atoms with van der Waals surface area (Å²) in [5.74, 6) is -0.00691. The van der Waals surface area contributed by atoms with Crippen molar-refractivity contribution >= 4 is 17.1 Å². The average Bonchev–Trinajstić information content (AvgIpc) is 2.90. The minimum absolute atomic E-state index is 0.226. The zero-order valence-electron chi connectivity index (χ0n) is 13.2. The normalized spacial score (nSPS) is 10.8. The molecule has 0 aliphatic carbocycles. The molecular weight excluding hydrogens is 311 g/mol. The lowest BCUT2D eigenvalue weighted by Crippen LogP contribution is -2.13. The second-order valence-electron chi connectivity index (χ2n) is 5.23. The van der Waals surface area contributed by atoms with Crippen LogP contribution in [0.1, 0.15) is 12.5 Å². The maximum Gasteiger partial charge on any atom is 0.515 e. The molecular formula is C18H17FN2O3. The number of aromatic nitrogens is 2. The van der Waals surface area contributed by atoms with Crippen LogP contribution in [0, 0.1) is 5.82 Å². The number of rotatable bonds is 5. The lowest BCUT2D eigenvalue weighted by molar-refractivity contribution is 0.101. The number of carbonyl (C=O) groups excluding carboxylic acids is 1. The van der Waals surface area contributed by atoms with Gasteiger partial charge in [-0.2, -0.15) is 0 Å². The molecule has 0 fully saturated rings. The molecule has 0 spiro atoms. The van der Waals surface area contributed by atoms with Crippen molar-refractivity contribution in [1.82, 2.24) is 9.55 Å². The molecule has 1 aromatic carbocycles. The van der Waals surface area contributed by atoms with Gasteiger partial charge in [-0.1, -0.05) is 6.07 Å². The van der Waals surface area contributed by atoms with Crippen LogP contribution in [0.15, 0.2) is 48.8 Å². The van der Waals surface area contributed by atoms with Crippen LogP contribution >= 0.6 is 0 Å². The van der Waals surface area contributed by atoms with Crippen molar-refractivity contribution in [2.75, 3.05) is 6.61 Å². The van der Waals surface area contributed by atoms with Crippen molar-refractivity contribution in [3.05, 3.63) is 60.2 Å². The summed E-state index contributed by atoms with van der Waals surface area (Å²) in [6.45, 7) is 2.49. The van der Waals surface area contributed by atoms with E-state index in [1.54, 1.807) is 31.5 Å². The van der Waals surface area contributed by atoms with Crippen molar-refractivity contribution in [3.63, 3.8) is 0 Å². The molecule has 0 aliphatic rings. The van der Waals surface area contributed by atoms with E-state index in [1.165, 1.54) is 12.1 Å². The lowest BCUT2D eigenvalue weighted by Gasteiger charge is -2.10. The topological polar surface area (TPSA) is 53.4 Å². The highest BCUT2D eigenvalue weighted by Gasteiger charge is 2.15. The fraction of sp³-hybridized carbons (Fsp3) is 0.222. The van der Waals surface area contributed by atoms with E-state index in [2.05, 4.69) is 4.98 Å². The van der Waals surface area contributed by atoms with Gasteiger partial charge in [-0.3, -0.25) is 4.98 Å². The number of benzene rings is 1. The van der Waals surface area contributed by atoms with Gasteiger partial charge >= 0.3 is 6.16 Å². The zero-order valence-corrected chi connectivity index (χ0v) is 13.2. The minimum atomic E-state index is -0.775. The van der Waals surface area contributed by atoms with Gasteiger partial charge in [0.05, 0.1) is 12.1 Å². The standard InChI is InChI=1S/C18H17FN2O3/c1-2-23-18(22)24-17-11-14-10-15(19)5-6-16(14)21(17)9-7-13-4-3-8-20-12-13/h3-6,8,10-12H,2,7,9H2,1H3. The number of hydrogen-bond acceptors (Lipinski definition) is 4. The van der Waals surface area contributed by atoms with Gasteiger partial charge in [0.25, 0.3) is 0 Å². The van der Waals surface area contributed by atoms with Gasteiger partial charge < -0.3 is 14.0 Å². The van der Waals surface area contributed by atoms with Crippen LogP contribution in [0.25, 0.3) is 10.9 Å². The maximum absolute atomic E-state index is 13.5. The van der Waals surface area contributed by atoms with Gasteiger partial charge in [0.15, 0.2) is 0 Å². The first kappa shape index (κ1) is 16.0. The van der Waals surface area contributed by atoms with Crippen LogP contribution in [0.4, 0.5) is 9.18 Å². The van der Waals surface area contributed by atoms with Crippen LogP contribution in [0.2, 0.25) is 0 Å². The Kier molecular flexibility index (Phi) is 4.74. The van der Waals surface area contributed by atoms with E-state index in [9.17, 15) is 9.18 Å². The molecule has 0 radical (unpaired) electrons. The summed E-state index contributed by atoms with van der Waals surface area (Å²) in [6, 6.07) is 9.95. The SMILES string of the molecule is CCOC(=O)Oc1cc2cc(F)ccc2n1CCc1cccnc1. The van der Waals surface area contributed by atoms with Crippen LogP contribution < -0.4 is 4.74 Å². The third-order valence-electron chi connectivity index (χ3n) is 3.62. The summed E-state index contributed by atoms with van der Waals surface area (Å²) in [6.07, 6.45) is 3.43. The number of halogens is 1. The number of carbonyl (C=O) groups is 1. The summed E-state index contributed by atoms with van der Waals surface area (Å²) in [4.78, 5) is 15.7. The molecule has 0 bridgehead atoms. The summed E-state index contributed by atoms with van der Waals surface area (Å²) in [5.41, 5.74) is 1.85. The monoisotopic (exact) mass is 328 g/mol. The number of hydrogen-bond donors (Lipinski definition) is 0. The van der Waals surface area contributed by atoms with Crippen molar-refractivity contribution in [2.24, 2.45) is 0 Å². The Balaban J connectivity index is 1.91. The highest BCUT2D eigenvalue weighted by Crippen LogP contribution is 2.27. The molecule has 0 saturated heterocycles. The van der Waals surface area contributed by atoms with E-state index in [0.717, 1.165) is 11.1 Å². The highest BCUT2D eigenvalue weighted by atomic mass is 19.1. The molecule has 3 aromatic rings. The van der Waals surface area contributed by atoms with Gasteiger partial charge in [0.1, 0.15) is 5.82 Å². The van der Waals surface area contributed by atoms with E-state index >= 15 is 0 Å². The summed E-state index contributed by atoms with van der Waals surface area (Å²) >= 11 is 0. The maximum atomic E-state index is 13.5. The predicted molar refractivity (Wildman–Crippen MR) is 87.5 cm³/mol. The molecule has 0 unspecified atom stereocenters. The Labute approximate surface area is 138 Å². The molecule has 0 atom stereocenters. The van der Waals surface area contributed by atoms with Gasteiger partial charge in [0.2, 0.25) is 5.88 Å². The van der Waals surface area contributed by atoms with E-state index in [1.807, 2.05) is 16.7 Å². The first-order chi connectivity index (χ1) is 11.7.